The van der Waals surface area contributed by atoms with Gasteiger partial charge >= 0.3 is 0 Å². The lowest BCUT2D eigenvalue weighted by Crippen LogP contribution is -2.62. The Bertz CT molecular complexity index is 179. The van der Waals surface area contributed by atoms with Crippen LogP contribution in [0.4, 0.5) is 0 Å². The standard InChI is InChI=1S/C8H16O5/c1-8(2)7(12)6(11)5(10)4(3-9)13-8/h4-7,9-12H,3H2,1-2H3/t4?,5?,6?,7-/m1/s1. The van der Waals surface area contributed by atoms with Crippen LogP contribution < -0.4 is 0 Å². The molecule has 1 fully saturated rings. The van der Waals surface area contributed by atoms with Crippen molar-refractivity contribution in [1.29, 1.82) is 0 Å². The van der Waals surface area contributed by atoms with Gasteiger partial charge in [0.15, 0.2) is 0 Å². The molecule has 5 nitrogen and oxygen atoms in total. The summed E-state index contributed by atoms with van der Waals surface area (Å²) in [7, 11) is 0. The molecule has 4 N–H and O–H groups in total. The Morgan fingerprint density at radius 1 is 1.15 bits per heavy atom. The molecule has 0 amide bonds. The molecule has 0 aliphatic carbocycles. The Balaban J connectivity index is 2.79. The van der Waals surface area contributed by atoms with Crippen molar-refractivity contribution in [3.8, 4) is 0 Å². The molecule has 0 aromatic heterocycles. The van der Waals surface area contributed by atoms with Gasteiger partial charge in [-0.25, -0.2) is 0 Å². The summed E-state index contributed by atoms with van der Waals surface area (Å²) in [5, 5.41) is 37.0. The van der Waals surface area contributed by atoms with Gasteiger partial charge in [-0.2, -0.15) is 0 Å². The maximum absolute atomic E-state index is 9.47. The first-order valence-corrected chi connectivity index (χ1v) is 4.23. The smallest absolute Gasteiger partial charge is 0.111 e. The van der Waals surface area contributed by atoms with Gasteiger partial charge in [-0.05, 0) is 13.8 Å². The van der Waals surface area contributed by atoms with Crippen molar-refractivity contribution in [2.24, 2.45) is 0 Å². The molecule has 4 atom stereocenters. The molecule has 0 radical (unpaired) electrons. The lowest BCUT2D eigenvalue weighted by atomic mass is 9.87. The molecule has 0 aromatic carbocycles. The highest BCUT2D eigenvalue weighted by atomic mass is 16.6. The average Bonchev–Trinajstić information content (AvgIpc) is 2.08. The molecule has 0 bridgehead atoms. The summed E-state index contributed by atoms with van der Waals surface area (Å²) >= 11 is 0. The Hall–Kier alpha value is -0.200. The van der Waals surface area contributed by atoms with Crippen molar-refractivity contribution in [1.82, 2.24) is 0 Å². The van der Waals surface area contributed by atoms with Crippen LogP contribution in [0.15, 0.2) is 0 Å². The van der Waals surface area contributed by atoms with Crippen molar-refractivity contribution < 1.29 is 25.2 Å². The summed E-state index contributed by atoms with van der Waals surface area (Å²) in [6.07, 6.45) is -4.51. The van der Waals surface area contributed by atoms with Gasteiger partial charge < -0.3 is 25.2 Å². The van der Waals surface area contributed by atoms with Crippen LogP contribution in [-0.4, -0.2) is 57.0 Å². The third kappa shape index (κ3) is 1.84. The second-order valence-electron chi connectivity index (χ2n) is 3.87. The maximum Gasteiger partial charge on any atom is 0.111 e. The van der Waals surface area contributed by atoms with E-state index in [4.69, 9.17) is 9.84 Å². The Kier molecular flexibility index (Phi) is 2.94. The van der Waals surface area contributed by atoms with Crippen molar-refractivity contribution in [3.63, 3.8) is 0 Å². The summed E-state index contributed by atoms with van der Waals surface area (Å²) < 4.78 is 5.21. The molecule has 3 unspecified atom stereocenters. The average molecular weight is 192 g/mol. The van der Waals surface area contributed by atoms with Gasteiger partial charge in [0, 0.05) is 0 Å². The van der Waals surface area contributed by atoms with Crippen molar-refractivity contribution in [2.45, 2.75) is 43.9 Å². The van der Waals surface area contributed by atoms with Crippen LogP contribution in [0.25, 0.3) is 0 Å². The zero-order chi connectivity index (χ0) is 10.2. The number of aliphatic hydroxyl groups excluding tert-OH is 4. The number of aliphatic hydroxyl groups is 4. The Labute approximate surface area is 76.6 Å². The minimum Gasteiger partial charge on any atom is -0.394 e. The van der Waals surface area contributed by atoms with E-state index in [9.17, 15) is 15.3 Å². The van der Waals surface area contributed by atoms with Crippen LogP contribution in [-0.2, 0) is 4.74 Å². The molecular formula is C8H16O5. The van der Waals surface area contributed by atoms with Gasteiger partial charge in [0.05, 0.1) is 12.2 Å². The second-order valence-corrected chi connectivity index (χ2v) is 3.87. The molecule has 5 heteroatoms. The SMILES string of the molecule is CC1(C)OC(CO)C(O)C(O)[C@H]1O. The van der Waals surface area contributed by atoms with E-state index in [2.05, 4.69) is 0 Å². The molecule has 13 heavy (non-hydrogen) atoms. The first-order chi connectivity index (χ1) is 5.90. The van der Waals surface area contributed by atoms with Gasteiger partial charge in [-0.3, -0.25) is 0 Å². The predicted molar refractivity (Wildman–Crippen MR) is 44.1 cm³/mol. The largest absolute Gasteiger partial charge is 0.394 e. The fourth-order valence-electron chi connectivity index (χ4n) is 1.49. The molecular weight excluding hydrogens is 176 g/mol. The highest BCUT2D eigenvalue weighted by molar-refractivity contribution is 4.96. The first-order valence-electron chi connectivity index (χ1n) is 4.23. The molecule has 0 spiro atoms. The van der Waals surface area contributed by atoms with Crippen LogP contribution in [0.2, 0.25) is 0 Å². The molecule has 1 rings (SSSR count). The van der Waals surface area contributed by atoms with E-state index in [1.807, 2.05) is 0 Å². The van der Waals surface area contributed by atoms with E-state index >= 15 is 0 Å². The van der Waals surface area contributed by atoms with Crippen molar-refractivity contribution in [3.05, 3.63) is 0 Å². The van der Waals surface area contributed by atoms with Gasteiger partial charge in [0.1, 0.15) is 24.4 Å². The third-order valence-electron chi connectivity index (χ3n) is 2.40. The van der Waals surface area contributed by atoms with Gasteiger partial charge in [0.2, 0.25) is 0 Å². The number of hydrogen-bond acceptors (Lipinski definition) is 5. The summed E-state index contributed by atoms with van der Waals surface area (Å²) in [6.45, 7) is 2.80. The van der Waals surface area contributed by atoms with Crippen LogP contribution in [0, 0.1) is 0 Å². The monoisotopic (exact) mass is 192 g/mol. The van der Waals surface area contributed by atoms with Crippen molar-refractivity contribution >= 4 is 0 Å². The lowest BCUT2D eigenvalue weighted by molar-refractivity contribution is -0.262. The highest BCUT2D eigenvalue weighted by Gasteiger charge is 2.47. The van der Waals surface area contributed by atoms with E-state index < -0.39 is 30.0 Å². The Morgan fingerprint density at radius 2 is 1.69 bits per heavy atom. The quantitative estimate of drug-likeness (QED) is 0.395. The summed E-state index contributed by atoms with van der Waals surface area (Å²) in [6, 6.07) is 0. The number of ether oxygens (including phenoxy) is 1. The molecule has 0 aromatic rings. The predicted octanol–water partition coefficient (Wildman–Crippen LogP) is -1.76. The first kappa shape index (κ1) is 10.9. The summed E-state index contributed by atoms with van der Waals surface area (Å²) in [5.74, 6) is 0. The number of hydrogen-bond donors (Lipinski definition) is 4. The topological polar surface area (TPSA) is 90.2 Å². The van der Waals surface area contributed by atoms with Crippen LogP contribution in [0.3, 0.4) is 0 Å². The van der Waals surface area contributed by atoms with Crippen LogP contribution >= 0.6 is 0 Å². The molecule has 1 saturated heterocycles. The lowest BCUT2D eigenvalue weighted by Gasteiger charge is -2.45. The molecule has 1 aliphatic heterocycles. The maximum atomic E-state index is 9.47. The molecule has 0 saturated carbocycles. The molecule has 1 heterocycles. The van der Waals surface area contributed by atoms with E-state index in [-0.39, 0.29) is 6.61 Å². The minimum absolute atomic E-state index is 0.381. The molecule has 1 aliphatic rings. The van der Waals surface area contributed by atoms with Crippen LogP contribution in [0.1, 0.15) is 13.8 Å². The van der Waals surface area contributed by atoms with E-state index in [1.54, 1.807) is 13.8 Å². The van der Waals surface area contributed by atoms with Gasteiger partial charge in [-0.1, -0.05) is 0 Å². The van der Waals surface area contributed by atoms with Crippen molar-refractivity contribution in [2.75, 3.05) is 6.61 Å². The molecule has 78 valence electrons. The van der Waals surface area contributed by atoms with Gasteiger partial charge in [-0.15, -0.1) is 0 Å². The summed E-state index contributed by atoms with van der Waals surface area (Å²) in [5.41, 5.74) is -0.952. The zero-order valence-electron chi connectivity index (χ0n) is 7.71. The second kappa shape index (κ2) is 3.51. The third-order valence-corrected chi connectivity index (χ3v) is 2.40. The fourth-order valence-corrected chi connectivity index (χ4v) is 1.49. The normalized spacial score (nSPS) is 44.8. The highest BCUT2D eigenvalue weighted by Crippen LogP contribution is 2.28. The van der Waals surface area contributed by atoms with E-state index in [1.165, 1.54) is 0 Å². The van der Waals surface area contributed by atoms with Crippen LogP contribution in [0.5, 0.6) is 0 Å². The van der Waals surface area contributed by atoms with E-state index in [0.717, 1.165) is 0 Å². The van der Waals surface area contributed by atoms with E-state index in [0.29, 0.717) is 0 Å². The Morgan fingerprint density at radius 3 is 2.15 bits per heavy atom. The van der Waals surface area contributed by atoms with Gasteiger partial charge in [0.25, 0.3) is 0 Å². The zero-order valence-corrected chi connectivity index (χ0v) is 7.71. The fraction of sp³-hybridized carbons (Fsp3) is 1.00. The number of rotatable bonds is 1. The minimum atomic E-state index is -1.28. The summed E-state index contributed by atoms with van der Waals surface area (Å²) in [4.78, 5) is 0.